The van der Waals surface area contributed by atoms with Gasteiger partial charge >= 0.3 is 0 Å². The van der Waals surface area contributed by atoms with Crippen LogP contribution in [-0.2, 0) is 0 Å². The van der Waals surface area contributed by atoms with Gasteiger partial charge in [-0.1, -0.05) is 0 Å². The van der Waals surface area contributed by atoms with Crippen LogP contribution in [0.4, 0.5) is 5.95 Å². The Bertz CT molecular complexity index is 567. The van der Waals surface area contributed by atoms with Crippen LogP contribution in [0.5, 0.6) is 0 Å². The molecule has 2 aromatic heterocycles. The van der Waals surface area contributed by atoms with E-state index in [0.29, 0.717) is 10.7 Å². The lowest BCUT2D eigenvalue weighted by Gasteiger charge is -1.96. The monoisotopic (exact) mass is 319 g/mol. The van der Waals surface area contributed by atoms with Crippen molar-refractivity contribution in [2.45, 2.75) is 0 Å². The number of halogens is 1. The summed E-state index contributed by atoms with van der Waals surface area (Å²) in [6, 6.07) is 0. The van der Waals surface area contributed by atoms with Crippen molar-refractivity contribution in [1.29, 1.82) is 0 Å². The van der Waals surface area contributed by atoms with E-state index in [2.05, 4.69) is 41.6 Å². The molecule has 0 atom stereocenters. The van der Waals surface area contributed by atoms with Crippen molar-refractivity contribution in [2.75, 3.05) is 11.3 Å². The van der Waals surface area contributed by atoms with Gasteiger partial charge in [0.25, 0.3) is 5.95 Å². The van der Waals surface area contributed by atoms with Crippen molar-refractivity contribution in [3.8, 4) is 0 Å². The Balaban J connectivity index is 2.05. The fourth-order valence-corrected chi connectivity index (χ4v) is 2.11. The third kappa shape index (κ3) is 2.46. The normalized spacial score (nSPS) is 11.1. The minimum Gasteiger partial charge on any atom is -0.334 e. The molecule has 4 N–H and O–H groups in total. The first kappa shape index (κ1) is 11.2. The first-order valence-corrected chi connectivity index (χ1v) is 6.07. The average molecular weight is 320 g/mol. The zero-order chi connectivity index (χ0) is 11.5. The lowest BCUT2D eigenvalue weighted by atomic mass is 10.8. The highest BCUT2D eigenvalue weighted by molar-refractivity contribution is 9.10. The number of hydrogen-bond donors (Lipinski definition) is 3. The summed E-state index contributed by atoms with van der Waals surface area (Å²) in [4.78, 5) is 4.13. The van der Waals surface area contributed by atoms with Crippen LogP contribution < -0.4 is 11.3 Å². The summed E-state index contributed by atoms with van der Waals surface area (Å²) in [5.41, 5.74) is 2.64. The van der Waals surface area contributed by atoms with Gasteiger partial charge in [-0.25, -0.2) is 15.5 Å². The molecule has 0 aromatic carbocycles. The van der Waals surface area contributed by atoms with E-state index in [4.69, 9.17) is 18.1 Å². The molecule has 2 aromatic rings. The van der Waals surface area contributed by atoms with Crippen LogP contribution in [0.15, 0.2) is 15.1 Å². The van der Waals surface area contributed by atoms with Gasteiger partial charge in [-0.2, -0.15) is 9.78 Å². The third-order valence-electron chi connectivity index (χ3n) is 1.54. The summed E-state index contributed by atoms with van der Waals surface area (Å²) in [7, 11) is 0. The predicted molar refractivity (Wildman–Crippen MR) is 68.6 cm³/mol. The quantitative estimate of drug-likeness (QED) is 0.343. The van der Waals surface area contributed by atoms with E-state index in [9.17, 15) is 0 Å². The second-order valence-corrected chi connectivity index (χ2v) is 4.69. The highest BCUT2D eigenvalue weighted by Crippen LogP contribution is 2.12. The van der Waals surface area contributed by atoms with Gasteiger partial charge in [0.2, 0.25) is 4.77 Å². The van der Waals surface area contributed by atoms with Gasteiger partial charge in [-0.3, -0.25) is 0 Å². The Morgan fingerprint density at radius 3 is 3.12 bits per heavy atom. The number of thiazole rings is 1. The molecule has 2 heterocycles. The standard InChI is InChI=1S/C6H6BrN7S2/c7-3-2-16-4(10-3)1-9-11-5-12-13-6(15)14(5)8/h1-2H,8H2,(H,11,12)(H,13,15)/b9-1+. The van der Waals surface area contributed by atoms with E-state index in [0.717, 1.165) is 9.61 Å². The molecule has 0 fully saturated rings. The number of nitrogen functional groups attached to an aromatic ring is 1. The molecule has 0 saturated carbocycles. The van der Waals surface area contributed by atoms with Crippen molar-refractivity contribution in [1.82, 2.24) is 19.9 Å². The number of aromatic nitrogens is 4. The summed E-state index contributed by atoms with van der Waals surface area (Å²) >= 11 is 9.54. The smallest absolute Gasteiger partial charge is 0.262 e. The van der Waals surface area contributed by atoms with Gasteiger partial charge in [0.15, 0.2) is 0 Å². The van der Waals surface area contributed by atoms with E-state index < -0.39 is 0 Å². The van der Waals surface area contributed by atoms with Crippen molar-refractivity contribution >= 4 is 51.6 Å². The molecule has 0 aliphatic rings. The van der Waals surface area contributed by atoms with E-state index >= 15 is 0 Å². The summed E-state index contributed by atoms with van der Waals surface area (Å²) in [6.07, 6.45) is 1.56. The molecule has 0 aliphatic heterocycles. The Hall–Kier alpha value is -1.26. The molecule has 0 spiro atoms. The van der Waals surface area contributed by atoms with Gasteiger partial charge in [0.1, 0.15) is 9.61 Å². The van der Waals surface area contributed by atoms with E-state index in [1.54, 1.807) is 6.21 Å². The zero-order valence-corrected chi connectivity index (χ0v) is 10.9. The summed E-state index contributed by atoms with van der Waals surface area (Å²) < 4.78 is 2.28. The Morgan fingerprint density at radius 2 is 2.56 bits per heavy atom. The highest BCUT2D eigenvalue weighted by atomic mass is 79.9. The number of aromatic amines is 1. The lowest BCUT2D eigenvalue weighted by Crippen LogP contribution is -2.11. The number of nitrogens with one attached hydrogen (secondary N) is 2. The van der Waals surface area contributed by atoms with Crippen LogP contribution in [0, 0.1) is 4.77 Å². The molecular formula is C6H6BrN7S2. The van der Waals surface area contributed by atoms with E-state index in [1.807, 2.05) is 5.38 Å². The number of rotatable bonds is 3. The minimum atomic E-state index is 0.315. The molecule has 7 nitrogen and oxygen atoms in total. The summed E-state index contributed by atoms with van der Waals surface area (Å²) in [6.45, 7) is 0. The molecular weight excluding hydrogens is 314 g/mol. The fourth-order valence-electron chi connectivity index (χ4n) is 0.855. The van der Waals surface area contributed by atoms with Gasteiger partial charge in [0.05, 0.1) is 6.21 Å². The highest BCUT2D eigenvalue weighted by Gasteiger charge is 2.00. The van der Waals surface area contributed by atoms with Crippen LogP contribution in [0.3, 0.4) is 0 Å². The zero-order valence-electron chi connectivity index (χ0n) is 7.72. The van der Waals surface area contributed by atoms with Gasteiger partial charge in [-0.05, 0) is 28.1 Å². The number of anilines is 1. The molecule has 0 amide bonds. The predicted octanol–water partition coefficient (Wildman–Crippen LogP) is 1.32. The van der Waals surface area contributed by atoms with Crippen molar-refractivity contribution in [3.63, 3.8) is 0 Å². The molecule has 16 heavy (non-hydrogen) atoms. The molecule has 0 aliphatic carbocycles. The molecule has 10 heteroatoms. The topological polar surface area (TPSA) is 96.9 Å². The first-order chi connectivity index (χ1) is 7.66. The van der Waals surface area contributed by atoms with Crippen LogP contribution >= 0.6 is 39.5 Å². The number of nitrogens with zero attached hydrogens (tertiary/aromatic N) is 4. The maximum atomic E-state index is 5.55. The first-order valence-electron chi connectivity index (χ1n) is 3.99. The molecule has 0 saturated heterocycles. The van der Waals surface area contributed by atoms with Crippen LogP contribution in [0.25, 0.3) is 0 Å². The van der Waals surface area contributed by atoms with Gasteiger partial charge < -0.3 is 5.84 Å². The Labute approximate surface area is 107 Å². The SMILES string of the molecule is Nn1c(N/N=C/c2nc(Br)cs2)n[nH]c1=S. The number of H-pyrrole nitrogens is 1. The third-order valence-corrected chi connectivity index (χ3v) is 3.31. The molecule has 2 rings (SSSR count). The second kappa shape index (κ2) is 4.72. The minimum absolute atomic E-state index is 0.315. The van der Waals surface area contributed by atoms with Crippen LogP contribution in [0.2, 0.25) is 0 Å². The number of hydrogen-bond acceptors (Lipinski definition) is 7. The van der Waals surface area contributed by atoms with Gasteiger partial charge in [0, 0.05) is 5.38 Å². The van der Waals surface area contributed by atoms with E-state index in [1.165, 1.54) is 16.0 Å². The largest absolute Gasteiger partial charge is 0.334 e. The van der Waals surface area contributed by atoms with Crippen molar-refractivity contribution in [2.24, 2.45) is 5.10 Å². The molecule has 0 radical (unpaired) electrons. The molecule has 0 bridgehead atoms. The average Bonchev–Trinajstić information content (AvgIpc) is 2.79. The Morgan fingerprint density at radius 1 is 1.75 bits per heavy atom. The summed E-state index contributed by atoms with van der Waals surface area (Å²) in [5, 5.41) is 12.9. The molecule has 0 unspecified atom stereocenters. The lowest BCUT2D eigenvalue weighted by molar-refractivity contribution is 0.971. The Kier molecular flexibility index (Phi) is 3.31. The van der Waals surface area contributed by atoms with Gasteiger partial charge in [-0.15, -0.1) is 16.4 Å². The van der Waals surface area contributed by atoms with Crippen LogP contribution in [-0.4, -0.2) is 26.1 Å². The molecule has 84 valence electrons. The maximum Gasteiger partial charge on any atom is 0.262 e. The maximum absolute atomic E-state index is 5.55. The van der Waals surface area contributed by atoms with Crippen molar-refractivity contribution in [3.05, 3.63) is 19.8 Å². The number of hydrazone groups is 1. The van der Waals surface area contributed by atoms with E-state index in [-0.39, 0.29) is 0 Å². The van der Waals surface area contributed by atoms with Crippen molar-refractivity contribution < 1.29 is 0 Å². The fraction of sp³-hybridized carbons (Fsp3) is 0. The second-order valence-electron chi connectivity index (χ2n) is 2.60. The number of nitrogens with two attached hydrogens (primary N) is 1. The van der Waals surface area contributed by atoms with Crippen LogP contribution in [0.1, 0.15) is 5.01 Å². The summed E-state index contributed by atoms with van der Waals surface area (Å²) in [5.74, 6) is 5.88.